The van der Waals surface area contributed by atoms with Crippen LogP contribution in [0.4, 0.5) is 16.2 Å². The summed E-state index contributed by atoms with van der Waals surface area (Å²) in [6.07, 6.45) is 1.12. The average molecular weight is 219 g/mol. The number of likely N-dealkylation sites (tertiary alicyclic amines) is 1. The first-order chi connectivity index (χ1) is 7.66. The summed E-state index contributed by atoms with van der Waals surface area (Å²) >= 11 is 0. The van der Waals surface area contributed by atoms with E-state index in [-0.39, 0.29) is 6.03 Å². The lowest BCUT2D eigenvalue weighted by molar-refractivity contribution is 0.181. The maximum atomic E-state index is 11.6. The van der Waals surface area contributed by atoms with E-state index in [1.54, 1.807) is 4.90 Å². The van der Waals surface area contributed by atoms with Crippen molar-refractivity contribution in [2.24, 2.45) is 0 Å². The van der Waals surface area contributed by atoms with E-state index >= 15 is 0 Å². The first-order valence-electron chi connectivity index (χ1n) is 5.50. The molecule has 1 saturated heterocycles. The van der Waals surface area contributed by atoms with E-state index in [0.717, 1.165) is 30.9 Å². The van der Waals surface area contributed by atoms with Gasteiger partial charge in [-0.05, 0) is 30.7 Å². The van der Waals surface area contributed by atoms with Crippen molar-refractivity contribution in [3.8, 4) is 0 Å². The molecule has 0 unspecified atom stereocenters. The Morgan fingerprint density at radius 1 is 1.25 bits per heavy atom. The van der Waals surface area contributed by atoms with Crippen LogP contribution in [0, 0.1) is 0 Å². The van der Waals surface area contributed by atoms with Gasteiger partial charge in [0.05, 0.1) is 0 Å². The molecule has 4 nitrogen and oxygen atoms in total. The zero-order valence-corrected chi connectivity index (χ0v) is 9.73. The summed E-state index contributed by atoms with van der Waals surface area (Å²) in [6, 6.07) is 7.83. The fourth-order valence-corrected chi connectivity index (χ4v) is 1.56. The Morgan fingerprint density at radius 2 is 1.88 bits per heavy atom. The molecule has 1 aliphatic rings. The number of carbonyl (C=O) groups excluding carboxylic acids is 1. The van der Waals surface area contributed by atoms with Crippen LogP contribution in [-0.2, 0) is 0 Å². The van der Waals surface area contributed by atoms with Crippen LogP contribution in [0.3, 0.4) is 0 Å². The summed E-state index contributed by atoms with van der Waals surface area (Å²) in [5, 5.41) is 2.88. The topological polar surface area (TPSA) is 35.6 Å². The second-order valence-electron chi connectivity index (χ2n) is 4.21. The number of benzene rings is 1. The van der Waals surface area contributed by atoms with Gasteiger partial charge in [-0.1, -0.05) is 0 Å². The highest BCUT2D eigenvalue weighted by Crippen LogP contribution is 2.17. The Morgan fingerprint density at radius 3 is 2.31 bits per heavy atom. The van der Waals surface area contributed by atoms with Crippen molar-refractivity contribution in [1.29, 1.82) is 0 Å². The average Bonchev–Trinajstić information content (AvgIpc) is 2.15. The number of hydrogen-bond donors (Lipinski definition) is 1. The van der Waals surface area contributed by atoms with Crippen LogP contribution in [0.15, 0.2) is 24.3 Å². The van der Waals surface area contributed by atoms with Gasteiger partial charge < -0.3 is 15.1 Å². The lowest BCUT2D eigenvalue weighted by atomic mass is 10.2. The molecule has 1 aromatic rings. The van der Waals surface area contributed by atoms with E-state index in [2.05, 4.69) is 5.32 Å². The Hall–Kier alpha value is -1.71. The first kappa shape index (κ1) is 10.8. The molecule has 0 bridgehead atoms. The number of hydrogen-bond acceptors (Lipinski definition) is 2. The van der Waals surface area contributed by atoms with Gasteiger partial charge in [0, 0.05) is 38.6 Å². The number of anilines is 2. The summed E-state index contributed by atoms with van der Waals surface area (Å²) in [4.78, 5) is 15.5. The minimum atomic E-state index is 0.00357. The molecule has 0 aliphatic carbocycles. The monoisotopic (exact) mass is 219 g/mol. The number of nitrogens with zero attached hydrogens (tertiary/aromatic N) is 2. The second-order valence-corrected chi connectivity index (χ2v) is 4.21. The molecule has 0 spiro atoms. The van der Waals surface area contributed by atoms with Crippen LogP contribution in [0.5, 0.6) is 0 Å². The van der Waals surface area contributed by atoms with Gasteiger partial charge in [0.2, 0.25) is 0 Å². The normalized spacial score (nSPS) is 14.2. The minimum Gasteiger partial charge on any atom is -0.378 e. The molecular weight excluding hydrogens is 202 g/mol. The molecule has 4 heteroatoms. The van der Waals surface area contributed by atoms with Crippen molar-refractivity contribution in [1.82, 2.24) is 4.90 Å². The maximum absolute atomic E-state index is 11.6. The largest absolute Gasteiger partial charge is 0.378 e. The Balaban J connectivity index is 1.96. The van der Waals surface area contributed by atoms with E-state index in [1.165, 1.54) is 0 Å². The van der Waals surface area contributed by atoms with Gasteiger partial charge in [0.1, 0.15) is 0 Å². The third kappa shape index (κ3) is 2.27. The van der Waals surface area contributed by atoms with E-state index in [1.807, 2.05) is 43.3 Å². The number of rotatable bonds is 2. The molecule has 1 aromatic carbocycles. The quantitative estimate of drug-likeness (QED) is 0.825. The van der Waals surface area contributed by atoms with Gasteiger partial charge in [0.15, 0.2) is 0 Å². The van der Waals surface area contributed by atoms with Gasteiger partial charge in [-0.3, -0.25) is 0 Å². The smallest absolute Gasteiger partial charge is 0.321 e. The molecule has 0 atom stereocenters. The molecule has 2 amide bonds. The molecule has 0 aromatic heterocycles. The molecule has 2 rings (SSSR count). The van der Waals surface area contributed by atoms with E-state index in [4.69, 9.17) is 0 Å². The summed E-state index contributed by atoms with van der Waals surface area (Å²) in [5.41, 5.74) is 1.98. The molecule has 1 fully saturated rings. The molecule has 1 N–H and O–H groups in total. The Labute approximate surface area is 95.8 Å². The van der Waals surface area contributed by atoms with Crippen molar-refractivity contribution < 1.29 is 4.79 Å². The Kier molecular flexibility index (Phi) is 2.99. The van der Waals surface area contributed by atoms with E-state index in [0.29, 0.717) is 0 Å². The predicted molar refractivity (Wildman–Crippen MR) is 66.0 cm³/mol. The summed E-state index contributed by atoms with van der Waals surface area (Å²) in [6.45, 7) is 1.75. The zero-order valence-electron chi connectivity index (χ0n) is 9.73. The third-order valence-electron chi connectivity index (χ3n) is 2.78. The molecule has 86 valence electrons. The standard InChI is InChI=1S/C12H17N3O/c1-14(2)11-6-4-10(5-7-11)13-12(16)15-8-3-9-15/h4-7H,3,8-9H2,1-2H3,(H,13,16). The van der Waals surface area contributed by atoms with Gasteiger partial charge >= 0.3 is 6.03 Å². The number of carbonyl (C=O) groups is 1. The number of nitrogens with one attached hydrogen (secondary N) is 1. The molecule has 0 radical (unpaired) electrons. The highest BCUT2D eigenvalue weighted by molar-refractivity contribution is 5.89. The minimum absolute atomic E-state index is 0.00357. The third-order valence-corrected chi connectivity index (χ3v) is 2.78. The molecular formula is C12H17N3O. The lowest BCUT2D eigenvalue weighted by Crippen LogP contribution is -2.44. The highest BCUT2D eigenvalue weighted by Gasteiger charge is 2.19. The zero-order chi connectivity index (χ0) is 11.5. The summed E-state index contributed by atoms with van der Waals surface area (Å²) < 4.78 is 0. The summed E-state index contributed by atoms with van der Waals surface area (Å²) in [7, 11) is 3.99. The van der Waals surface area contributed by atoms with Gasteiger partial charge in [0.25, 0.3) is 0 Å². The fraction of sp³-hybridized carbons (Fsp3) is 0.417. The molecule has 1 heterocycles. The number of amides is 2. The van der Waals surface area contributed by atoms with Crippen molar-refractivity contribution in [3.63, 3.8) is 0 Å². The van der Waals surface area contributed by atoms with Gasteiger partial charge in [-0.2, -0.15) is 0 Å². The van der Waals surface area contributed by atoms with Crippen LogP contribution in [0.25, 0.3) is 0 Å². The van der Waals surface area contributed by atoms with Crippen LogP contribution >= 0.6 is 0 Å². The van der Waals surface area contributed by atoms with Crippen molar-refractivity contribution in [2.45, 2.75) is 6.42 Å². The highest BCUT2D eigenvalue weighted by atomic mass is 16.2. The SMILES string of the molecule is CN(C)c1ccc(NC(=O)N2CCC2)cc1. The van der Waals surface area contributed by atoms with Gasteiger partial charge in [-0.25, -0.2) is 4.79 Å². The van der Waals surface area contributed by atoms with Crippen molar-refractivity contribution >= 4 is 17.4 Å². The van der Waals surface area contributed by atoms with Crippen LogP contribution in [-0.4, -0.2) is 38.1 Å². The Bertz CT molecular complexity index is 368. The molecule has 16 heavy (non-hydrogen) atoms. The number of urea groups is 1. The van der Waals surface area contributed by atoms with Gasteiger partial charge in [-0.15, -0.1) is 0 Å². The predicted octanol–water partition coefficient (Wildman–Crippen LogP) is 1.99. The van der Waals surface area contributed by atoms with Crippen LogP contribution in [0.2, 0.25) is 0 Å². The van der Waals surface area contributed by atoms with Crippen molar-refractivity contribution in [3.05, 3.63) is 24.3 Å². The summed E-state index contributed by atoms with van der Waals surface area (Å²) in [5.74, 6) is 0. The van der Waals surface area contributed by atoms with Crippen LogP contribution < -0.4 is 10.2 Å². The fourth-order valence-electron chi connectivity index (χ4n) is 1.56. The first-order valence-corrected chi connectivity index (χ1v) is 5.50. The molecule has 1 aliphatic heterocycles. The molecule has 0 saturated carbocycles. The van der Waals surface area contributed by atoms with Crippen molar-refractivity contribution in [2.75, 3.05) is 37.4 Å². The second kappa shape index (κ2) is 4.43. The maximum Gasteiger partial charge on any atom is 0.321 e. The van der Waals surface area contributed by atoms with E-state index < -0.39 is 0 Å². The van der Waals surface area contributed by atoms with E-state index in [9.17, 15) is 4.79 Å². The van der Waals surface area contributed by atoms with Crippen LogP contribution in [0.1, 0.15) is 6.42 Å². The lowest BCUT2D eigenvalue weighted by Gasteiger charge is -2.30.